The van der Waals surface area contributed by atoms with Crippen molar-refractivity contribution in [2.75, 3.05) is 0 Å². The van der Waals surface area contributed by atoms with Gasteiger partial charge in [-0.2, -0.15) is 0 Å². The Balaban J connectivity index is 1.72. The number of nitrogens with zero attached hydrogens (tertiary/aromatic N) is 1. The summed E-state index contributed by atoms with van der Waals surface area (Å²) in [5.41, 5.74) is 1.61. The minimum absolute atomic E-state index is 0.260. The summed E-state index contributed by atoms with van der Waals surface area (Å²) in [6.45, 7) is 0.260. The lowest BCUT2D eigenvalue weighted by atomic mass is 10.2. The van der Waals surface area contributed by atoms with E-state index in [1.165, 1.54) is 0 Å². The summed E-state index contributed by atoms with van der Waals surface area (Å²) >= 11 is 12.0. The molecule has 0 aliphatic heterocycles. The predicted molar refractivity (Wildman–Crippen MR) is 82.7 cm³/mol. The molecule has 0 amide bonds. The van der Waals surface area contributed by atoms with Crippen LogP contribution in [0.5, 0.6) is 5.75 Å². The van der Waals surface area contributed by atoms with Gasteiger partial charge in [0.2, 0.25) is 5.89 Å². The molecule has 1 heterocycles. The van der Waals surface area contributed by atoms with Crippen molar-refractivity contribution in [3.05, 3.63) is 70.5 Å². The molecule has 0 saturated carbocycles. The van der Waals surface area contributed by atoms with Crippen molar-refractivity contribution in [1.29, 1.82) is 0 Å². The van der Waals surface area contributed by atoms with E-state index >= 15 is 0 Å². The van der Waals surface area contributed by atoms with E-state index in [4.69, 9.17) is 32.4 Å². The van der Waals surface area contributed by atoms with Crippen LogP contribution in [-0.4, -0.2) is 4.98 Å². The van der Waals surface area contributed by atoms with Crippen LogP contribution in [0.3, 0.4) is 0 Å². The summed E-state index contributed by atoms with van der Waals surface area (Å²) in [4.78, 5) is 4.38. The second-order valence-electron chi connectivity index (χ2n) is 4.35. The molecule has 0 bridgehead atoms. The van der Waals surface area contributed by atoms with Gasteiger partial charge in [0.15, 0.2) is 0 Å². The maximum absolute atomic E-state index is 6.06. The molecule has 0 N–H and O–H groups in total. The second kappa shape index (κ2) is 6.20. The van der Waals surface area contributed by atoms with Crippen LogP contribution in [0.4, 0.5) is 0 Å². The molecule has 0 aliphatic carbocycles. The third-order valence-electron chi connectivity index (χ3n) is 2.86. The molecular formula is C16H11Cl2NO2. The van der Waals surface area contributed by atoms with Crippen LogP contribution in [0.15, 0.2) is 59.2 Å². The molecule has 0 saturated heterocycles. The minimum atomic E-state index is 0.260. The maximum Gasteiger partial charge on any atom is 0.226 e. The predicted octanol–water partition coefficient (Wildman–Crippen LogP) is 5.23. The van der Waals surface area contributed by atoms with Crippen LogP contribution in [0, 0.1) is 0 Å². The van der Waals surface area contributed by atoms with Crippen LogP contribution >= 0.6 is 23.2 Å². The topological polar surface area (TPSA) is 35.3 Å². The van der Waals surface area contributed by atoms with Gasteiger partial charge in [-0.3, -0.25) is 0 Å². The molecule has 3 nitrogen and oxygen atoms in total. The number of halogens is 2. The first-order valence-corrected chi connectivity index (χ1v) is 7.06. The Morgan fingerprint density at radius 2 is 1.81 bits per heavy atom. The number of rotatable bonds is 4. The first kappa shape index (κ1) is 14.0. The number of benzene rings is 2. The SMILES string of the molecule is Clc1cccc(OCc2coc(-c3ccccc3)n2)c1Cl. The van der Waals surface area contributed by atoms with Gasteiger partial charge in [0.05, 0.1) is 5.02 Å². The highest BCUT2D eigenvalue weighted by atomic mass is 35.5. The van der Waals surface area contributed by atoms with Gasteiger partial charge in [-0.1, -0.05) is 47.5 Å². The van der Waals surface area contributed by atoms with Crippen molar-refractivity contribution in [2.24, 2.45) is 0 Å². The molecule has 3 aromatic rings. The third kappa shape index (κ3) is 3.20. The van der Waals surface area contributed by atoms with Crippen LogP contribution in [-0.2, 0) is 6.61 Å². The Hall–Kier alpha value is -1.97. The number of hydrogen-bond donors (Lipinski definition) is 0. The molecule has 3 rings (SSSR count). The van der Waals surface area contributed by atoms with Gasteiger partial charge < -0.3 is 9.15 Å². The fourth-order valence-corrected chi connectivity index (χ4v) is 2.18. The van der Waals surface area contributed by atoms with Gasteiger partial charge in [0, 0.05) is 5.56 Å². The molecule has 2 aromatic carbocycles. The van der Waals surface area contributed by atoms with Crippen LogP contribution < -0.4 is 4.74 Å². The zero-order valence-corrected chi connectivity index (χ0v) is 12.4. The maximum atomic E-state index is 6.06. The van der Waals surface area contributed by atoms with Gasteiger partial charge in [-0.05, 0) is 24.3 Å². The molecule has 106 valence electrons. The van der Waals surface area contributed by atoms with Gasteiger partial charge in [0.25, 0.3) is 0 Å². The van der Waals surface area contributed by atoms with Crippen molar-refractivity contribution in [3.63, 3.8) is 0 Å². The molecule has 0 aliphatic rings. The summed E-state index contributed by atoms with van der Waals surface area (Å²) in [6.07, 6.45) is 1.57. The van der Waals surface area contributed by atoms with Crippen LogP contribution in [0.1, 0.15) is 5.69 Å². The highest BCUT2D eigenvalue weighted by Crippen LogP contribution is 2.32. The lowest BCUT2D eigenvalue weighted by Crippen LogP contribution is -1.96. The molecule has 1 aromatic heterocycles. The van der Waals surface area contributed by atoms with Gasteiger partial charge in [0.1, 0.15) is 29.3 Å². The van der Waals surface area contributed by atoms with Gasteiger partial charge in [-0.15, -0.1) is 0 Å². The zero-order valence-electron chi connectivity index (χ0n) is 10.9. The van der Waals surface area contributed by atoms with Gasteiger partial charge >= 0.3 is 0 Å². The van der Waals surface area contributed by atoms with E-state index in [0.29, 0.717) is 27.4 Å². The largest absolute Gasteiger partial charge is 0.486 e. The Bertz CT molecular complexity index is 741. The lowest BCUT2D eigenvalue weighted by Gasteiger charge is -2.06. The third-order valence-corrected chi connectivity index (χ3v) is 3.67. The molecule has 0 unspecified atom stereocenters. The summed E-state index contributed by atoms with van der Waals surface area (Å²) in [5, 5.41) is 0.852. The Labute approximate surface area is 132 Å². The van der Waals surface area contributed by atoms with Crippen molar-refractivity contribution in [3.8, 4) is 17.2 Å². The van der Waals surface area contributed by atoms with Crippen LogP contribution in [0.2, 0.25) is 10.0 Å². The van der Waals surface area contributed by atoms with E-state index in [1.54, 1.807) is 24.5 Å². The first-order valence-electron chi connectivity index (χ1n) is 6.30. The molecule has 0 radical (unpaired) electrons. The average Bonchev–Trinajstić information content (AvgIpc) is 2.99. The van der Waals surface area contributed by atoms with Crippen molar-refractivity contribution in [1.82, 2.24) is 4.98 Å². The molecule has 0 atom stereocenters. The Morgan fingerprint density at radius 1 is 1.00 bits per heavy atom. The van der Waals surface area contributed by atoms with E-state index in [0.717, 1.165) is 5.56 Å². The minimum Gasteiger partial charge on any atom is -0.486 e. The summed E-state index contributed by atoms with van der Waals surface area (Å²) < 4.78 is 11.1. The number of aromatic nitrogens is 1. The first-order chi connectivity index (χ1) is 10.2. The molecule has 0 spiro atoms. The van der Waals surface area contributed by atoms with E-state index < -0.39 is 0 Å². The van der Waals surface area contributed by atoms with E-state index in [1.807, 2.05) is 30.3 Å². The Kier molecular flexibility index (Phi) is 4.13. The van der Waals surface area contributed by atoms with Crippen molar-refractivity contribution < 1.29 is 9.15 Å². The average molecular weight is 320 g/mol. The van der Waals surface area contributed by atoms with E-state index in [9.17, 15) is 0 Å². The Morgan fingerprint density at radius 3 is 2.62 bits per heavy atom. The van der Waals surface area contributed by atoms with Crippen molar-refractivity contribution >= 4 is 23.2 Å². The van der Waals surface area contributed by atoms with E-state index in [2.05, 4.69) is 4.98 Å². The second-order valence-corrected chi connectivity index (χ2v) is 5.14. The van der Waals surface area contributed by atoms with E-state index in [-0.39, 0.29) is 6.61 Å². The summed E-state index contributed by atoms with van der Waals surface area (Å²) in [5.74, 6) is 1.08. The van der Waals surface area contributed by atoms with Crippen molar-refractivity contribution in [2.45, 2.75) is 6.61 Å². The standard InChI is InChI=1S/C16H11Cl2NO2/c17-13-7-4-8-14(15(13)18)20-9-12-10-21-16(19-12)11-5-2-1-3-6-11/h1-8,10H,9H2. The number of oxazole rings is 1. The quantitative estimate of drug-likeness (QED) is 0.660. The molecule has 0 fully saturated rings. The summed E-state index contributed by atoms with van der Waals surface area (Å²) in [7, 11) is 0. The molecule has 5 heteroatoms. The number of ether oxygens (including phenoxy) is 1. The molecule has 21 heavy (non-hydrogen) atoms. The monoisotopic (exact) mass is 319 g/mol. The fourth-order valence-electron chi connectivity index (χ4n) is 1.83. The van der Waals surface area contributed by atoms with Crippen LogP contribution in [0.25, 0.3) is 11.5 Å². The zero-order chi connectivity index (χ0) is 14.7. The van der Waals surface area contributed by atoms with Gasteiger partial charge in [-0.25, -0.2) is 4.98 Å². The summed E-state index contributed by atoms with van der Waals surface area (Å²) in [6, 6.07) is 14.9. The normalized spacial score (nSPS) is 10.6. The smallest absolute Gasteiger partial charge is 0.226 e. The molecular weight excluding hydrogens is 309 g/mol. The highest BCUT2D eigenvalue weighted by Gasteiger charge is 2.09. The number of hydrogen-bond acceptors (Lipinski definition) is 3. The highest BCUT2D eigenvalue weighted by molar-refractivity contribution is 6.42. The lowest BCUT2D eigenvalue weighted by molar-refractivity contribution is 0.301. The fraction of sp³-hybridized carbons (Fsp3) is 0.0625.